The molecule has 4 bridgehead atoms. The molecule has 0 aliphatic heterocycles. The van der Waals surface area contributed by atoms with E-state index in [2.05, 4.69) is 60.7 Å². The van der Waals surface area contributed by atoms with E-state index in [1.54, 1.807) is 0 Å². The number of ether oxygens (including phenoxy) is 2. The van der Waals surface area contributed by atoms with Gasteiger partial charge in [-0.15, -0.1) is 0 Å². The topological polar surface area (TPSA) is 35.5 Å². The number of carbonyl (C=O) groups excluding carboxylic acids is 1. The fourth-order valence-corrected chi connectivity index (χ4v) is 7.99. The van der Waals surface area contributed by atoms with E-state index in [9.17, 15) is 4.79 Å². The molecule has 3 nitrogen and oxygen atoms in total. The van der Waals surface area contributed by atoms with Crippen molar-refractivity contribution in [1.29, 1.82) is 0 Å². The highest BCUT2D eigenvalue weighted by Crippen LogP contribution is 2.67. The third-order valence-electron chi connectivity index (χ3n) is 8.96. The summed E-state index contributed by atoms with van der Waals surface area (Å²) < 4.78 is 12.0. The Morgan fingerprint density at radius 3 is 2.23 bits per heavy atom. The van der Waals surface area contributed by atoms with Crippen molar-refractivity contribution in [2.75, 3.05) is 13.2 Å². The first kappa shape index (κ1) is 18.2. The van der Waals surface area contributed by atoms with Gasteiger partial charge in [0.05, 0.1) is 12.5 Å². The highest BCUT2D eigenvalue weighted by Gasteiger charge is 2.62. The Hall–Kier alpha value is -2.39. The lowest BCUT2D eigenvalue weighted by Crippen LogP contribution is -2.35. The second-order valence-corrected chi connectivity index (χ2v) is 10.2. The molecule has 3 saturated carbocycles. The summed E-state index contributed by atoms with van der Waals surface area (Å²) in [6.07, 6.45) is 8.44. The second kappa shape index (κ2) is 6.80. The highest BCUT2D eigenvalue weighted by atomic mass is 16.6. The average Bonchev–Trinajstić information content (AvgIpc) is 3.61. The summed E-state index contributed by atoms with van der Waals surface area (Å²) in [5.41, 5.74) is 4.91. The molecule has 0 aromatic heterocycles. The second-order valence-electron chi connectivity index (χ2n) is 10.2. The number of allylic oxidation sites excluding steroid dienone is 2. The van der Waals surface area contributed by atoms with Gasteiger partial charge in [0.2, 0.25) is 0 Å². The molecule has 0 amide bonds. The van der Waals surface area contributed by atoms with Crippen LogP contribution in [0.25, 0.3) is 11.1 Å². The quantitative estimate of drug-likeness (QED) is 0.285. The van der Waals surface area contributed by atoms with Gasteiger partial charge in [0, 0.05) is 0 Å². The molecule has 2 aromatic carbocycles. The lowest BCUT2D eigenvalue weighted by Gasteiger charge is -2.35. The van der Waals surface area contributed by atoms with Gasteiger partial charge in [0.15, 0.2) is 0 Å². The summed E-state index contributed by atoms with van der Waals surface area (Å²) in [6, 6.07) is 16.9. The monoisotopic (exact) mass is 412 g/mol. The number of benzene rings is 2. The fraction of sp³-hybridized carbons (Fsp3) is 0.464. The SMILES string of the molecule is O=C(OCCOC1c2ccccc2-c2ccccc21)C1CC2CC1C1C3C=CC(C3)C21. The van der Waals surface area contributed by atoms with Crippen molar-refractivity contribution in [1.82, 2.24) is 0 Å². The Morgan fingerprint density at radius 2 is 1.48 bits per heavy atom. The maximum Gasteiger partial charge on any atom is 0.309 e. The van der Waals surface area contributed by atoms with E-state index in [4.69, 9.17) is 9.47 Å². The standard InChI is InChI=1S/C28H28O3/c29-28(24-15-18-14-23(24)26-17-10-9-16(13-17)25(18)26)31-12-11-30-27-21-7-3-1-5-19(21)20-6-2-4-8-22(20)27/h1-10,16-18,23-27H,11-15H2. The molecule has 0 radical (unpaired) electrons. The van der Waals surface area contributed by atoms with Crippen molar-refractivity contribution < 1.29 is 14.3 Å². The van der Waals surface area contributed by atoms with Gasteiger partial charge >= 0.3 is 5.97 Å². The lowest BCUT2D eigenvalue weighted by molar-refractivity contribution is -0.153. The van der Waals surface area contributed by atoms with Crippen LogP contribution in [0.2, 0.25) is 0 Å². The Labute approximate surface area is 183 Å². The predicted octanol–water partition coefficient (Wildman–Crippen LogP) is 5.41. The molecule has 0 N–H and O–H groups in total. The molecule has 5 aliphatic carbocycles. The minimum absolute atomic E-state index is 0.0218. The van der Waals surface area contributed by atoms with Crippen LogP contribution in [0, 0.1) is 41.4 Å². The summed E-state index contributed by atoms with van der Waals surface area (Å²) in [5.74, 6) is 4.57. The van der Waals surface area contributed by atoms with Gasteiger partial charge < -0.3 is 9.47 Å². The van der Waals surface area contributed by atoms with Crippen molar-refractivity contribution in [2.45, 2.75) is 25.4 Å². The zero-order valence-electron chi connectivity index (χ0n) is 17.7. The molecule has 31 heavy (non-hydrogen) atoms. The maximum absolute atomic E-state index is 12.9. The number of esters is 1. The van der Waals surface area contributed by atoms with Crippen molar-refractivity contribution in [2.24, 2.45) is 41.4 Å². The molecule has 5 aliphatic rings. The summed E-state index contributed by atoms with van der Waals surface area (Å²) in [7, 11) is 0. The smallest absolute Gasteiger partial charge is 0.309 e. The molecule has 7 rings (SSSR count). The van der Waals surface area contributed by atoms with Crippen LogP contribution in [0.1, 0.15) is 36.5 Å². The first-order valence-corrected chi connectivity index (χ1v) is 11.9. The molecule has 3 heteroatoms. The van der Waals surface area contributed by atoms with Crippen molar-refractivity contribution in [3.05, 3.63) is 71.8 Å². The Morgan fingerprint density at radius 1 is 0.806 bits per heavy atom. The van der Waals surface area contributed by atoms with E-state index in [1.165, 1.54) is 35.1 Å². The lowest BCUT2D eigenvalue weighted by atomic mass is 9.69. The largest absolute Gasteiger partial charge is 0.463 e. The fourth-order valence-electron chi connectivity index (χ4n) is 7.99. The minimum Gasteiger partial charge on any atom is -0.463 e. The van der Waals surface area contributed by atoms with Gasteiger partial charge in [-0.2, -0.15) is 0 Å². The van der Waals surface area contributed by atoms with E-state index in [0.29, 0.717) is 19.1 Å². The molecular weight excluding hydrogens is 384 g/mol. The van der Waals surface area contributed by atoms with Crippen LogP contribution in [-0.2, 0) is 14.3 Å². The predicted molar refractivity (Wildman–Crippen MR) is 118 cm³/mol. The molecule has 158 valence electrons. The summed E-state index contributed by atoms with van der Waals surface area (Å²) >= 11 is 0. The van der Waals surface area contributed by atoms with Gasteiger partial charge in [-0.05, 0) is 77.0 Å². The number of fused-ring (bicyclic) bond motifs is 12. The zero-order valence-corrected chi connectivity index (χ0v) is 17.7. The number of hydrogen-bond acceptors (Lipinski definition) is 3. The summed E-state index contributed by atoms with van der Waals surface area (Å²) in [5, 5.41) is 0. The van der Waals surface area contributed by atoms with Crippen LogP contribution in [0.5, 0.6) is 0 Å². The van der Waals surface area contributed by atoms with Gasteiger partial charge in [-0.1, -0.05) is 60.7 Å². The Bertz CT molecular complexity index is 1030. The minimum atomic E-state index is -0.0739. The summed E-state index contributed by atoms with van der Waals surface area (Å²) in [6.45, 7) is 0.771. The average molecular weight is 413 g/mol. The molecule has 0 saturated heterocycles. The van der Waals surface area contributed by atoms with Crippen LogP contribution in [0.4, 0.5) is 0 Å². The van der Waals surface area contributed by atoms with Crippen LogP contribution >= 0.6 is 0 Å². The first-order chi connectivity index (χ1) is 15.3. The first-order valence-electron chi connectivity index (χ1n) is 11.9. The molecule has 2 aromatic rings. The molecule has 3 fully saturated rings. The highest BCUT2D eigenvalue weighted by molar-refractivity contribution is 5.78. The summed E-state index contributed by atoms with van der Waals surface area (Å²) in [4.78, 5) is 12.9. The Kier molecular flexibility index (Phi) is 4.00. The third-order valence-corrected chi connectivity index (χ3v) is 8.96. The molecule has 0 spiro atoms. The van der Waals surface area contributed by atoms with Crippen molar-refractivity contribution >= 4 is 5.97 Å². The van der Waals surface area contributed by atoms with Gasteiger partial charge in [-0.25, -0.2) is 0 Å². The van der Waals surface area contributed by atoms with Crippen LogP contribution in [-0.4, -0.2) is 19.2 Å². The zero-order chi connectivity index (χ0) is 20.5. The van der Waals surface area contributed by atoms with Crippen LogP contribution in [0.15, 0.2) is 60.7 Å². The number of carbonyl (C=O) groups is 1. The normalized spacial score (nSPS) is 35.9. The number of hydrogen-bond donors (Lipinski definition) is 0. The number of rotatable bonds is 5. The van der Waals surface area contributed by atoms with E-state index in [-0.39, 0.29) is 18.0 Å². The van der Waals surface area contributed by atoms with E-state index in [0.717, 1.165) is 36.0 Å². The third kappa shape index (κ3) is 2.59. The van der Waals surface area contributed by atoms with E-state index in [1.807, 2.05) is 0 Å². The van der Waals surface area contributed by atoms with E-state index < -0.39 is 0 Å². The molecule has 7 atom stereocenters. The van der Waals surface area contributed by atoms with Crippen molar-refractivity contribution in [3.8, 4) is 11.1 Å². The molecular formula is C28H28O3. The van der Waals surface area contributed by atoms with Gasteiger partial charge in [-0.3, -0.25) is 4.79 Å². The maximum atomic E-state index is 12.9. The van der Waals surface area contributed by atoms with Gasteiger partial charge in [0.1, 0.15) is 12.7 Å². The van der Waals surface area contributed by atoms with Crippen LogP contribution in [0.3, 0.4) is 0 Å². The van der Waals surface area contributed by atoms with Crippen molar-refractivity contribution in [3.63, 3.8) is 0 Å². The molecule has 7 unspecified atom stereocenters. The van der Waals surface area contributed by atoms with E-state index >= 15 is 0 Å². The Balaban J connectivity index is 0.984. The molecule has 0 heterocycles. The van der Waals surface area contributed by atoms with Gasteiger partial charge in [0.25, 0.3) is 0 Å². The van der Waals surface area contributed by atoms with Crippen LogP contribution < -0.4 is 0 Å².